The number of nitrogens with one attached hydrogen (secondary N) is 1. The van der Waals surface area contributed by atoms with Crippen molar-refractivity contribution in [2.24, 2.45) is 0 Å². The van der Waals surface area contributed by atoms with Crippen LogP contribution >= 0.6 is 11.3 Å². The molecule has 7 nitrogen and oxygen atoms in total. The number of carbonyl (C=O) groups is 1. The molecule has 1 aromatic carbocycles. The zero-order valence-corrected chi connectivity index (χ0v) is 20.1. The number of rotatable bonds is 7. The Balaban J connectivity index is 1.92. The third kappa shape index (κ3) is 4.44. The second kappa shape index (κ2) is 10.1. The summed E-state index contributed by atoms with van der Waals surface area (Å²) in [6.07, 6.45) is 4.46. The molecule has 2 aliphatic rings. The van der Waals surface area contributed by atoms with Crippen molar-refractivity contribution in [2.75, 3.05) is 52.9 Å². The zero-order chi connectivity index (χ0) is 22.7. The van der Waals surface area contributed by atoms with Crippen LogP contribution in [0.1, 0.15) is 47.4 Å². The Labute approximate surface area is 193 Å². The van der Waals surface area contributed by atoms with Gasteiger partial charge in [-0.15, -0.1) is 11.3 Å². The first kappa shape index (κ1) is 22.9. The number of aryl methyl sites for hydroxylation is 1. The van der Waals surface area contributed by atoms with Crippen molar-refractivity contribution in [3.05, 3.63) is 33.7 Å². The van der Waals surface area contributed by atoms with Gasteiger partial charge in [0.1, 0.15) is 5.00 Å². The lowest BCUT2D eigenvalue weighted by Gasteiger charge is -2.36. The van der Waals surface area contributed by atoms with Gasteiger partial charge in [0.15, 0.2) is 11.5 Å². The van der Waals surface area contributed by atoms with Gasteiger partial charge in [0.2, 0.25) is 11.7 Å². The number of nitrogens with zero attached hydrogens (tertiary/aromatic N) is 1. The van der Waals surface area contributed by atoms with Crippen LogP contribution in [0.3, 0.4) is 0 Å². The normalized spacial score (nSPS) is 17.4. The molecule has 1 atom stereocenters. The SMILES string of the molecule is COc1cc([C@H](c2c(NC(C)=O)sc3c2CCCC3)N2CCOCC2)cc(OC)c1OC. The van der Waals surface area contributed by atoms with Gasteiger partial charge >= 0.3 is 0 Å². The monoisotopic (exact) mass is 460 g/mol. The van der Waals surface area contributed by atoms with E-state index >= 15 is 0 Å². The second-order valence-electron chi connectivity index (χ2n) is 8.14. The zero-order valence-electron chi connectivity index (χ0n) is 19.3. The number of hydrogen-bond acceptors (Lipinski definition) is 7. The molecule has 1 aliphatic heterocycles. The number of methoxy groups -OCH3 is 3. The van der Waals surface area contributed by atoms with Crippen molar-refractivity contribution in [2.45, 2.75) is 38.6 Å². The molecule has 8 heteroatoms. The lowest BCUT2D eigenvalue weighted by Crippen LogP contribution is -2.40. The molecule has 2 aromatic rings. The molecule has 0 saturated carbocycles. The summed E-state index contributed by atoms with van der Waals surface area (Å²) in [5.74, 6) is 1.79. The van der Waals surface area contributed by atoms with Gasteiger partial charge in [-0.1, -0.05) is 0 Å². The van der Waals surface area contributed by atoms with E-state index in [1.54, 1.807) is 39.6 Å². The quantitative estimate of drug-likeness (QED) is 0.673. The highest BCUT2D eigenvalue weighted by atomic mass is 32.1. The molecule has 1 aromatic heterocycles. The van der Waals surface area contributed by atoms with E-state index < -0.39 is 0 Å². The van der Waals surface area contributed by atoms with E-state index in [2.05, 4.69) is 10.2 Å². The van der Waals surface area contributed by atoms with E-state index in [0.29, 0.717) is 30.5 Å². The average molecular weight is 461 g/mol. The first-order chi connectivity index (χ1) is 15.6. The highest BCUT2D eigenvalue weighted by Crippen LogP contribution is 2.48. The van der Waals surface area contributed by atoms with Crippen molar-refractivity contribution in [1.29, 1.82) is 0 Å². The summed E-state index contributed by atoms with van der Waals surface area (Å²) in [5.41, 5.74) is 3.64. The molecule has 1 saturated heterocycles. The number of amides is 1. The number of thiophene rings is 1. The minimum Gasteiger partial charge on any atom is -0.493 e. The lowest BCUT2D eigenvalue weighted by atomic mass is 9.88. The highest BCUT2D eigenvalue weighted by molar-refractivity contribution is 7.16. The molecule has 1 aliphatic carbocycles. The number of carbonyl (C=O) groups excluding carboxylic acids is 1. The molecule has 0 bridgehead atoms. The molecular weight excluding hydrogens is 428 g/mol. The van der Waals surface area contributed by atoms with Crippen LogP contribution < -0.4 is 19.5 Å². The molecule has 1 amide bonds. The van der Waals surface area contributed by atoms with Crippen LogP contribution in [0.25, 0.3) is 0 Å². The Bertz CT molecular complexity index is 943. The second-order valence-corrected chi connectivity index (χ2v) is 9.25. The molecule has 0 spiro atoms. The number of hydrogen-bond donors (Lipinski definition) is 1. The molecule has 0 unspecified atom stereocenters. The maximum absolute atomic E-state index is 12.1. The number of benzene rings is 1. The summed E-state index contributed by atoms with van der Waals surface area (Å²) in [7, 11) is 4.89. The van der Waals surface area contributed by atoms with Crippen LogP contribution in [0.5, 0.6) is 17.2 Å². The van der Waals surface area contributed by atoms with Gasteiger partial charge in [-0.3, -0.25) is 9.69 Å². The van der Waals surface area contributed by atoms with Gasteiger partial charge in [0.05, 0.1) is 40.6 Å². The van der Waals surface area contributed by atoms with Gasteiger partial charge in [-0.2, -0.15) is 0 Å². The lowest BCUT2D eigenvalue weighted by molar-refractivity contribution is -0.114. The van der Waals surface area contributed by atoms with Crippen LogP contribution in [-0.2, 0) is 22.4 Å². The Hall–Kier alpha value is -2.29. The number of ether oxygens (including phenoxy) is 4. The smallest absolute Gasteiger partial charge is 0.221 e. The van der Waals surface area contributed by atoms with Crippen molar-refractivity contribution in [3.8, 4) is 17.2 Å². The average Bonchev–Trinajstić information content (AvgIpc) is 3.16. The van der Waals surface area contributed by atoms with Crippen LogP contribution in [0.4, 0.5) is 5.00 Å². The van der Waals surface area contributed by atoms with Crippen molar-refractivity contribution in [1.82, 2.24) is 4.90 Å². The van der Waals surface area contributed by atoms with Gasteiger partial charge in [0, 0.05) is 30.5 Å². The Morgan fingerprint density at radius 3 is 2.31 bits per heavy atom. The fraction of sp³-hybridized carbons (Fsp3) is 0.542. The Kier molecular flexibility index (Phi) is 7.23. The standard InChI is InChI=1S/C24H32N2O5S/c1-15(27)25-24-21(17-7-5-6-8-20(17)32-24)22(26-9-11-31-12-10-26)16-13-18(28-2)23(30-4)19(14-16)29-3/h13-14,22H,5-12H2,1-4H3,(H,25,27)/t22-/m1/s1. The van der Waals surface area contributed by atoms with Crippen molar-refractivity contribution < 1.29 is 23.7 Å². The Morgan fingerprint density at radius 1 is 1.06 bits per heavy atom. The fourth-order valence-electron chi connectivity index (χ4n) is 4.79. The molecule has 1 fully saturated rings. The highest BCUT2D eigenvalue weighted by Gasteiger charge is 2.34. The summed E-state index contributed by atoms with van der Waals surface area (Å²) >= 11 is 1.73. The predicted octanol–water partition coefficient (Wildman–Crippen LogP) is 4.03. The molecule has 4 rings (SSSR count). The van der Waals surface area contributed by atoms with Crippen LogP contribution in [0, 0.1) is 0 Å². The molecular formula is C24H32N2O5S. The summed E-state index contributed by atoms with van der Waals surface area (Å²) in [6.45, 7) is 4.56. The van der Waals surface area contributed by atoms with E-state index in [9.17, 15) is 4.79 Å². The van der Waals surface area contributed by atoms with E-state index in [0.717, 1.165) is 36.5 Å². The van der Waals surface area contributed by atoms with E-state index in [4.69, 9.17) is 18.9 Å². The van der Waals surface area contributed by atoms with Gasteiger partial charge < -0.3 is 24.3 Å². The molecule has 32 heavy (non-hydrogen) atoms. The van der Waals surface area contributed by atoms with Crippen LogP contribution in [-0.4, -0.2) is 58.4 Å². The number of fused-ring (bicyclic) bond motifs is 1. The molecule has 174 valence electrons. The van der Waals surface area contributed by atoms with Crippen molar-refractivity contribution >= 4 is 22.2 Å². The number of anilines is 1. The minimum atomic E-state index is -0.0486. The van der Waals surface area contributed by atoms with E-state index in [-0.39, 0.29) is 11.9 Å². The number of morpholine rings is 1. The van der Waals surface area contributed by atoms with Crippen LogP contribution in [0.15, 0.2) is 12.1 Å². The third-order valence-electron chi connectivity index (χ3n) is 6.19. The third-order valence-corrected chi connectivity index (χ3v) is 7.41. The maximum Gasteiger partial charge on any atom is 0.221 e. The van der Waals surface area contributed by atoms with E-state index in [1.807, 2.05) is 12.1 Å². The van der Waals surface area contributed by atoms with Gasteiger partial charge in [-0.25, -0.2) is 0 Å². The van der Waals surface area contributed by atoms with Gasteiger partial charge in [0.25, 0.3) is 0 Å². The fourth-order valence-corrected chi connectivity index (χ4v) is 6.15. The first-order valence-corrected chi connectivity index (χ1v) is 11.9. The Morgan fingerprint density at radius 2 is 1.72 bits per heavy atom. The molecule has 1 N–H and O–H groups in total. The summed E-state index contributed by atoms with van der Waals surface area (Å²) < 4.78 is 22.5. The predicted molar refractivity (Wildman–Crippen MR) is 126 cm³/mol. The first-order valence-electron chi connectivity index (χ1n) is 11.1. The molecule has 0 radical (unpaired) electrons. The molecule has 2 heterocycles. The largest absolute Gasteiger partial charge is 0.493 e. The van der Waals surface area contributed by atoms with E-state index in [1.165, 1.54) is 28.8 Å². The van der Waals surface area contributed by atoms with Crippen LogP contribution in [0.2, 0.25) is 0 Å². The summed E-state index contributed by atoms with van der Waals surface area (Å²) in [4.78, 5) is 15.9. The van der Waals surface area contributed by atoms with Gasteiger partial charge in [-0.05, 0) is 48.9 Å². The topological polar surface area (TPSA) is 69.3 Å². The summed E-state index contributed by atoms with van der Waals surface area (Å²) in [5, 5.41) is 4.09. The van der Waals surface area contributed by atoms with Crippen molar-refractivity contribution in [3.63, 3.8) is 0 Å². The maximum atomic E-state index is 12.1. The summed E-state index contributed by atoms with van der Waals surface area (Å²) in [6, 6.07) is 4.02. The minimum absolute atomic E-state index is 0.0459.